The number of hydrogen-bond donors (Lipinski definition) is 1. The van der Waals surface area contributed by atoms with E-state index in [-0.39, 0.29) is 48.9 Å². The number of carbonyl (C=O) groups excluding carboxylic acids is 3. The summed E-state index contributed by atoms with van der Waals surface area (Å²) in [5, 5.41) is 7.12. The minimum atomic E-state index is -5.08. The number of carboxylic acid groups (broad SMARTS) is 1. The van der Waals surface area contributed by atoms with Crippen LogP contribution in [0.5, 0.6) is 5.75 Å². The number of alkyl halides is 3. The fourth-order valence-corrected chi connectivity index (χ4v) is 4.39. The Hall–Kier alpha value is -4.58. The fourth-order valence-electron chi connectivity index (χ4n) is 4.39. The van der Waals surface area contributed by atoms with Crippen molar-refractivity contribution in [1.29, 1.82) is 0 Å². The first kappa shape index (κ1) is 35.9. The van der Waals surface area contributed by atoms with E-state index < -0.39 is 65.8 Å². The number of nitrogens with zero attached hydrogens (tertiary/aromatic N) is 3. The van der Waals surface area contributed by atoms with Gasteiger partial charge >= 0.3 is 18.3 Å². The molecule has 1 amide bonds. The lowest BCUT2D eigenvalue weighted by Crippen LogP contribution is -2.49. The lowest BCUT2D eigenvalue weighted by molar-refractivity contribution is -0.192. The van der Waals surface area contributed by atoms with Gasteiger partial charge < -0.3 is 38.4 Å². The lowest BCUT2D eigenvalue weighted by Gasteiger charge is -2.34. The molecule has 0 unspecified atom stereocenters. The molecule has 2 atom stereocenters. The predicted molar refractivity (Wildman–Crippen MR) is 145 cm³/mol. The maximum absolute atomic E-state index is 14.0. The number of aryl methyl sites for hydroxylation is 1. The van der Waals surface area contributed by atoms with Gasteiger partial charge in [0.1, 0.15) is 18.2 Å². The third-order valence-corrected chi connectivity index (χ3v) is 6.66. The highest BCUT2D eigenvalue weighted by atomic mass is 19.4. The van der Waals surface area contributed by atoms with Crippen molar-refractivity contribution in [3.05, 3.63) is 63.1 Å². The van der Waals surface area contributed by atoms with Gasteiger partial charge in [-0.2, -0.15) is 13.2 Å². The van der Waals surface area contributed by atoms with Crippen molar-refractivity contribution in [2.24, 2.45) is 0 Å². The molecule has 0 radical (unpaired) electrons. The zero-order valence-corrected chi connectivity index (χ0v) is 24.8. The third-order valence-electron chi connectivity index (χ3n) is 6.66. The maximum atomic E-state index is 14.0. The summed E-state index contributed by atoms with van der Waals surface area (Å²) in [5.41, 5.74) is -1.17. The molecule has 1 fully saturated rings. The highest BCUT2D eigenvalue weighted by Crippen LogP contribution is 2.30. The van der Waals surface area contributed by atoms with Crippen LogP contribution in [0.15, 0.2) is 29.2 Å². The molecular formula is C28H30F5N3O10. The van der Waals surface area contributed by atoms with Crippen molar-refractivity contribution in [2.45, 2.75) is 44.8 Å². The van der Waals surface area contributed by atoms with Gasteiger partial charge in [-0.25, -0.2) is 18.4 Å². The molecule has 1 aromatic carbocycles. The molecule has 0 saturated carbocycles. The Kier molecular flexibility index (Phi) is 11.8. The summed E-state index contributed by atoms with van der Waals surface area (Å²) in [6, 6.07) is 2.76. The van der Waals surface area contributed by atoms with E-state index >= 15 is 0 Å². The Morgan fingerprint density at radius 3 is 2.41 bits per heavy atom. The summed E-state index contributed by atoms with van der Waals surface area (Å²) in [6.07, 6.45) is -5.81. The second-order valence-electron chi connectivity index (χ2n) is 10.3. The molecule has 13 nitrogen and oxygen atoms in total. The number of likely N-dealkylation sites (N-methyl/N-ethyl adjacent to an activating group) is 1. The van der Waals surface area contributed by atoms with E-state index in [9.17, 15) is 41.1 Å². The van der Waals surface area contributed by atoms with E-state index in [1.807, 2.05) is 0 Å². The number of ether oxygens (including phenoxy) is 4. The Morgan fingerprint density at radius 1 is 1.13 bits per heavy atom. The van der Waals surface area contributed by atoms with Gasteiger partial charge in [0.2, 0.25) is 18.0 Å². The Balaban J connectivity index is 0.000000738. The van der Waals surface area contributed by atoms with Crippen LogP contribution in [0.4, 0.5) is 26.7 Å². The molecule has 1 aromatic heterocycles. The van der Waals surface area contributed by atoms with Crippen molar-refractivity contribution in [2.75, 3.05) is 40.6 Å². The molecule has 1 saturated heterocycles. The molecule has 252 valence electrons. The zero-order chi connectivity index (χ0) is 34.3. The van der Waals surface area contributed by atoms with Crippen LogP contribution < -0.4 is 10.2 Å². The molecule has 1 N–H and O–H groups in total. The monoisotopic (exact) mass is 663 g/mol. The highest BCUT2D eigenvalue weighted by molar-refractivity contribution is 6.00. The van der Waals surface area contributed by atoms with Crippen LogP contribution in [0.25, 0.3) is 0 Å². The number of fused-ring (bicyclic) bond motifs is 2. The Bertz CT molecular complexity index is 1530. The summed E-state index contributed by atoms with van der Waals surface area (Å²) in [7, 11) is 3.60. The molecule has 0 bridgehead atoms. The molecule has 18 heteroatoms. The summed E-state index contributed by atoms with van der Waals surface area (Å²) >= 11 is 0. The van der Waals surface area contributed by atoms with Crippen molar-refractivity contribution in [1.82, 2.24) is 14.4 Å². The Morgan fingerprint density at radius 2 is 1.80 bits per heavy atom. The standard InChI is InChI=1S/C26H29F2N3O8.C2HF3O2/c1-15-13-37-21-12-30-11-18(20(32)7-5-16-4-6-17(27)10-19(16)28)23(33)24(22(30)25(34)31(15)21)38-14-39-26(35)36-9-8-29(2)3;3-2(4,5)1(6)7/h4,6,10-11,15,21H,5,7-9,12-14H2,1-3H3;(H,6,7)/t15-,21+;/m0./s1. The molecule has 2 aliphatic heterocycles. The first-order valence-electron chi connectivity index (χ1n) is 13.6. The number of carbonyl (C=O) groups is 4. The SMILES string of the molecule is C[C@H]1CO[C@@H]2Cn3cc(C(=O)CCc4ccc(F)cc4F)c(=O)c(OCOC(=O)OCCN(C)C)c3C(=O)N12.O=C(O)C(F)(F)F. The summed E-state index contributed by atoms with van der Waals surface area (Å²) < 4.78 is 81.3. The minimum Gasteiger partial charge on any atom is -0.475 e. The van der Waals surface area contributed by atoms with Gasteiger partial charge in [-0.3, -0.25) is 14.4 Å². The smallest absolute Gasteiger partial charge is 0.475 e. The van der Waals surface area contributed by atoms with E-state index in [4.69, 9.17) is 28.8 Å². The zero-order valence-electron chi connectivity index (χ0n) is 24.8. The largest absolute Gasteiger partial charge is 0.511 e. The molecule has 46 heavy (non-hydrogen) atoms. The van der Waals surface area contributed by atoms with Gasteiger partial charge in [0.05, 0.1) is 24.8 Å². The minimum absolute atomic E-state index is 0.0647. The van der Waals surface area contributed by atoms with Crippen LogP contribution in [0, 0.1) is 11.6 Å². The number of halogens is 5. The highest BCUT2D eigenvalue weighted by Gasteiger charge is 2.43. The second-order valence-corrected chi connectivity index (χ2v) is 10.3. The Labute approximate surface area is 258 Å². The van der Waals surface area contributed by atoms with Crippen molar-refractivity contribution < 1.29 is 65.2 Å². The topological polar surface area (TPSA) is 154 Å². The number of aliphatic carboxylic acids is 1. The van der Waals surface area contributed by atoms with Crippen molar-refractivity contribution in [3.63, 3.8) is 0 Å². The summed E-state index contributed by atoms with van der Waals surface area (Å²) in [4.78, 5) is 63.8. The average Bonchev–Trinajstić information content (AvgIpc) is 3.33. The van der Waals surface area contributed by atoms with E-state index in [2.05, 4.69) is 0 Å². The number of hydrogen-bond acceptors (Lipinski definition) is 10. The number of pyridine rings is 1. The normalized spacial score (nSPS) is 17.1. The molecule has 0 aliphatic carbocycles. The predicted octanol–water partition coefficient (Wildman–Crippen LogP) is 2.83. The van der Waals surface area contributed by atoms with Crippen LogP contribution in [0.3, 0.4) is 0 Å². The van der Waals surface area contributed by atoms with E-state index in [0.717, 1.165) is 6.07 Å². The van der Waals surface area contributed by atoms with E-state index in [1.54, 1.807) is 25.9 Å². The van der Waals surface area contributed by atoms with Crippen molar-refractivity contribution >= 4 is 23.8 Å². The third kappa shape index (κ3) is 9.00. The van der Waals surface area contributed by atoms with Gasteiger partial charge in [-0.05, 0) is 39.1 Å². The first-order chi connectivity index (χ1) is 21.5. The van der Waals surface area contributed by atoms with Gasteiger partial charge in [-0.15, -0.1) is 0 Å². The number of rotatable bonds is 10. The number of amides is 1. The summed E-state index contributed by atoms with van der Waals surface area (Å²) in [6.45, 7) is 2.00. The van der Waals surface area contributed by atoms with Crippen LogP contribution in [0.1, 0.15) is 39.8 Å². The summed E-state index contributed by atoms with van der Waals surface area (Å²) in [5.74, 6) is -5.94. The maximum Gasteiger partial charge on any atom is 0.511 e. The molecule has 3 heterocycles. The van der Waals surface area contributed by atoms with Crippen LogP contribution in [-0.4, -0.2) is 102 Å². The van der Waals surface area contributed by atoms with Gasteiger partial charge in [0.15, 0.2) is 17.7 Å². The van der Waals surface area contributed by atoms with Gasteiger partial charge in [0.25, 0.3) is 5.91 Å². The molecule has 4 rings (SSSR count). The second kappa shape index (κ2) is 15.1. The van der Waals surface area contributed by atoms with E-state index in [1.165, 1.54) is 21.7 Å². The lowest BCUT2D eigenvalue weighted by atomic mass is 10.0. The number of carboxylic acids is 1. The first-order valence-corrected chi connectivity index (χ1v) is 13.6. The van der Waals surface area contributed by atoms with Crippen LogP contribution >= 0.6 is 0 Å². The quantitative estimate of drug-likeness (QED) is 0.173. The van der Waals surface area contributed by atoms with Crippen molar-refractivity contribution in [3.8, 4) is 5.75 Å². The number of aromatic nitrogens is 1. The number of ketones is 1. The molecule has 2 aromatic rings. The molecule has 0 spiro atoms. The fraction of sp³-hybridized carbons (Fsp3) is 0.464. The number of benzene rings is 1. The average molecular weight is 664 g/mol. The molecular weight excluding hydrogens is 633 g/mol. The van der Waals surface area contributed by atoms with E-state index in [0.29, 0.717) is 19.2 Å². The van der Waals surface area contributed by atoms with Crippen LogP contribution in [-0.2, 0) is 32.0 Å². The number of Topliss-reactive ketones (excluding diaryl/α,β-unsaturated/α-hetero) is 1. The van der Waals surface area contributed by atoms with Gasteiger partial charge in [0, 0.05) is 25.2 Å². The van der Waals surface area contributed by atoms with Crippen LogP contribution in [0.2, 0.25) is 0 Å². The molecule has 2 aliphatic rings. The van der Waals surface area contributed by atoms with Gasteiger partial charge in [-0.1, -0.05) is 6.07 Å².